The van der Waals surface area contributed by atoms with Crippen LogP contribution in [-0.2, 0) is 42.2 Å². The van der Waals surface area contributed by atoms with Gasteiger partial charge in [0.25, 0.3) is 0 Å². The number of phosphoric acid groups is 1. The number of unbranched alkanes of at least 4 members (excludes halogenated alkanes) is 3. The van der Waals surface area contributed by atoms with E-state index in [1.54, 1.807) is 6.08 Å². The van der Waals surface area contributed by atoms with E-state index >= 15 is 0 Å². The van der Waals surface area contributed by atoms with Crippen molar-refractivity contribution in [1.82, 2.24) is 0 Å². The van der Waals surface area contributed by atoms with Gasteiger partial charge in [-0.2, -0.15) is 0 Å². The van der Waals surface area contributed by atoms with Gasteiger partial charge in [0.15, 0.2) is 6.10 Å². The lowest BCUT2D eigenvalue weighted by Crippen LogP contribution is -2.30. The third kappa shape index (κ3) is 51.7. The van der Waals surface area contributed by atoms with E-state index in [-0.39, 0.29) is 19.3 Å². The molecule has 74 heavy (non-hydrogen) atoms. The average molecular weight is 1050 g/mol. The van der Waals surface area contributed by atoms with E-state index in [0.717, 1.165) is 96.3 Å². The van der Waals surface area contributed by atoms with Crippen molar-refractivity contribution in [2.45, 2.75) is 174 Å². The first-order valence-electron chi connectivity index (χ1n) is 27.0. The van der Waals surface area contributed by atoms with Gasteiger partial charge >= 0.3 is 25.7 Å². The molecule has 0 rings (SSSR count). The molecular weight excluding hydrogens is 952 g/mol. The quantitative estimate of drug-likeness (QED) is 0.0197. The predicted molar refractivity (Wildman–Crippen MR) is 306 cm³/mol. The van der Waals surface area contributed by atoms with Crippen molar-refractivity contribution in [1.29, 1.82) is 0 Å². The number of carbonyl (C=O) groups is 3. The van der Waals surface area contributed by atoms with Gasteiger partial charge in [-0.15, -0.1) is 0 Å². The molecule has 412 valence electrons. The number of phosphoric ester groups is 1. The molecule has 0 aliphatic carbocycles. The second-order valence-corrected chi connectivity index (χ2v) is 18.4. The molecule has 0 spiro atoms. The van der Waals surface area contributed by atoms with Gasteiger partial charge < -0.3 is 24.2 Å². The molecule has 12 heteroatoms. The van der Waals surface area contributed by atoms with Crippen molar-refractivity contribution >= 4 is 25.7 Å². The Morgan fingerprint density at radius 3 is 1.15 bits per heavy atom. The summed E-state index contributed by atoms with van der Waals surface area (Å²) in [5.41, 5.74) is 0. The van der Waals surface area contributed by atoms with E-state index in [2.05, 4.69) is 154 Å². The molecule has 0 amide bonds. The molecule has 0 aromatic rings. The van der Waals surface area contributed by atoms with Gasteiger partial charge in [0.05, 0.1) is 26.2 Å². The molecule has 0 saturated carbocycles. The predicted octanol–water partition coefficient (Wildman–Crippen LogP) is 15.9. The number of hydrogen-bond acceptors (Lipinski definition) is 10. The maximum atomic E-state index is 12.9. The van der Waals surface area contributed by atoms with Crippen LogP contribution in [-0.4, -0.2) is 66.5 Å². The Balaban J connectivity index is 5.00. The van der Waals surface area contributed by atoms with Crippen molar-refractivity contribution in [2.24, 2.45) is 0 Å². The van der Waals surface area contributed by atoms with Crippen molar-refractivity contribution in [3.8, 4) is 0 Å². The van der Waals surface area contributed by atoms with Gasteiger partial charge in [-0.25, -0.2) is 4.57 Å². The second-order valence-electron chi connectivity index (χ2n) is 16.9. The smallest absolute Gasteiger partial charge is 0.462 e. The number of aliphatic hydroxyl groups excluding tert-OH is 1. The number of hydrogen-bond donors (Lipinski definition) is 2. The second kappa shape index (κ2) is 54.1. The highest BCUT2D eigenvalue weighted by atomic mass is 31.2. The molecule has 0 aliphatic rings. The van der Waals surface area contributed by atoms with Crippen LogP contribution in [0.25, 0.3) is 0 Å². The molecule has 3 atom stereocenters. The van der Waals surface area contributed by atoms with Crippen LogP contribution in [0.5, 0.6) is 0 Å². The molecule has 0 radical (unpaired) electrons. The minimum atomic E-state index is -4.81. The SMILES string of the molecule is CC/C=C\C/C=C\C/C=C\C/C=C\C/C=C\C/C=C\CCC(=O)OC(COC(=O)CCCCC/C=C\C/C=C\C/C=C\CC)COP(=O)(O)OCC(CO)OC(=O)C/C=C\C/C=C\C/C=C\C/C=C\C/C=C\CC. The third-order valence-corrected chi connectivity index (χ3v) is 11.1. The molecular formula is C62H93O11P. The highest BCUT2D eigenvalue weighted by molar-refractivity contribution is 7.47. The summed E-state index contributed by atoms with van der Waals surface area (Å²) in [7, 11) is -4.81. The summed E-state index contributed by atoms with van der Waals surface area (Å²) in [6, 6.07) is 0. The standard InChI is InChI=1S/C62H93O11P/c1-4-7-10-13-16-19-22-25-27-28-29-30-32-35-38-41-44-47-50-53-62(66)73-59(55-69-60(64)51-48-45-42-39-36-33-24-21-18-15-12-9-6-3)57-71-74(67,68)70-56-58(54-63)72-61(65)52-49-46-43-40-37-34-31-26-23-20-17-14-11-8-5-2/h7-12,16-21,25-27,29-31,33,35-38,40,44,46-47,49,58-59,63H,4-6,13-15,22-24,28,32,34,39,41-43,45,48,50-57H2,1-3H3,(H,67,68)/b10-7-,11-8-,12-9-,19-16-,20-17-,21-18-,27-25-,30-29-,31-26-,36-33-,38-35-,40-37-,47-44-,49-46-. The van der Waals surface area contributed by atoms with Gasteiger partial charge in [-0.1, -0.05) is 197 Å². The lowest BCUT2D eigenvalue weighted by molar-refractivity contribution is -0.161. The van der Waals surface area contributed by atoms with Crippen LogP contribution in [0.2, 0.25) is 0 Å². The normalized spacial score (nSPS) is 14.7. The zero-order valence-corrected chi connectivity index (χ0v) is 46.1. The summed E-state index contributed by atoms with van der Waals surface area (Å²) < 4.78 is 39.2. The monoisotopic (exact) mass is 1040 g/mol. The van der Waals surface area contributed by atoms with Gasteiger partial charge in [0.2, 0.25) is 0 Å². The van der Waals surface area contributed by atoms with Gasteiger partial charge in [0, 0.05) is 12.8 Å². The molecule has 0 aromatic heterocycles. The first kappa shape index (κ1) is 68.8. The fourth-order valence-electron chi connectivity index (χ4n) is 6.17. The minimum absolute atomic E-state index is 0.0180. The Labute approximate surface area is 447 Å². The van der Waals surface area contributed by atoms with Gasteiger partial charge in [-0.3, -0.25) is 23.4 Å². The van der Waals surface area contributed by atoms with E-state index in [1.807, 2.05) is 30.4 Å². The van der Waals surface area contributed by atoms with Crippen LogP contribution in [0.15, 0.2) is 170 Å². The maximum Gasteiger partial charge on any atom is 0.472 e. The van der Waals surface area contributed by atoms with Crippen molar-refractivity contribution in [3.05, 3.63) is 170 Å². The van der Waals surface area contributed by atoms with E-state index in [9.17, 15) is 28.9 Å². The van der Waals surface area contributed by atoms with E-state index in [0.29, 0.717) is 25.7 Å². The molecule has 0 heterocycles. The highest BCUT2D eigenvalue weighted by Gasteiger charge is 2.28. The lowest BCUT2D eigenvalue weighted by Gasteiger charge is -2.21. The van der Waals surface area contributed by atoms with Crippen LogP contribution in [0.4, 0.5) is 0 Å². The molecule has 0 aliphatic heterocycles. The van der Waals surface area contributed by atoms with Crippen molar-refractivity contribution in [2.75, 3.05) is 26.4 Å². The largest absolute Gasteiger partial charge is 0.472 e. The number of ether oxygens (including phenoxy) is 3. The Morgan fingerprint density at radius 1 is 0.392 bits per heavy atom. The van der Waals surface area contributed by atoms with Crippen LogP contribution in [0, 0.1) is 0 Å². The lowest BCUT2D eigenvalue weighted by atomic mass is 10.1. The summed E-state index contributed by atoms with van der Waals surface area (Å²) >= 11 is 0. The fourth-order valence-corrected chi connectivity index (χ4v) is 6.96. The van der Waals surface area contributed by atoms with Crippen LogP contribution in [0.1, 0.15) is 162 Å². The molecule has 0 saturated heterocycles. The maximum absolute atomic E-state index is 12.9. The Bertz CT molecular complexity index is 1890. The number of allylic oxidation sites excluding steroid dienone is 27. The molecule has 3 unspecified atom stereocenters. The van der Waals surface area contributed by atoms with Crippen LogP contribution >= 0.6 is 7.82 Å². The zero-order chi connectivity index (χ0) is 54.1. The number of esters is 3. The summed E-state index contributed by atoms with van der Waals surface area (Å²) in [4.78, 5) is 48.3. The highest BCUT2D eigenvalue weighted by Crippen LogP contribution is 2.43. The molecule has 0 fully saturated rings. The summed E-state index contributed by atoms with van der Waals surface area (Å²) in [6.45, 7) is 4.02. The van der Waals surface area contributed by atoms with E-state index < -0.39 is 64.4 Å². The van der Waals surface area contributed by atoms with Crippen molar-refractivity contribution in [3.63, 3.8) is 0 Å². The number of carbonyl (C=O) groups excluding carboxylic acids is 3. The molecule has 0 bridgehead atoms. The molecule has 2 N–H and O–H groups in total. The number of aliphatic hydroxyl groups is 1. The molecule has 0 aromatic carbocycles. The average Bonchev–Trinajstić information content (AvgIpc) is 3.39. The Morgan fingerprint density at radius 2 is 0.743 bits per heavy atom. The summed E-state index contributed by atoms with van der Waals surface area (Å²) in [5, 5.41) is 9.78. The van der Waals surface area contributed by atoms with Crippen LogP contribution in [0.3, 0.4) is 0 Å². The third-order valence-electron chi connectivity index (χ3n) is 10.2. The van der Waals surface area contributed by atoms with Gasteiger partial charge in [-0.05, 0) is 116 Å². The van der Waals surface area contributed by atoms with E-state index in [4.69, 9.17) is 23.3 Å². The molecule has 11 nitrogen and oxygen atoms in total. The first-order chi connectivity index (χ1) is 36.2. The van der Waals surface area contributed by atoms with Crippen molar-refractivity contribution < 1.29 is 52.2 Å². The summed E-state index contributed by atoms with van der Waals surface area (Å²) in [5.74, 6) is -1.77. The van der Waals surface area contributed by atoms with E-state index in [1.165, 1.54) is 0 Å². The first-order valence-corrected chi connectivity index (χ1v) is 28.5. The summed E-state index contributed by atoms with van der Waals surface area (Å²) in [6.07, 6.45) is 72.3. The topological polar surface area (TPSA) is 155 Å². The Kier molecular flexibility index (Phi) is 50.3. The fraction of sp³-hybridized carbons (Fsp3) is 0.500. The minimum Gasteiger partial charge on any atom is -0.462 e. The van der Waals surface area contributed by atoms with Gasteiger partial charge in [0.1, 0.15) is 12.7 Å². The Hall–Kier alpha value is -5.16. The zero-order valence-electron chi connectivity index (χ0n) is 45.2. The van der Waals surface area contributed by atoms with Crippen LogP contribution < -0.4 is 0 Å². The number of rotatable bonds is 47.